The molecule has 0 bridgehead atoms. The first-order chi connectivity index (χ1) is 8.85. The molecule has 1 aliphatic heterocycles. The second-order valence-electron chi connectivity index (χ2n) is 6.22. The second-order valence-corrected chi connectivity index (χ2v) is 6.22. The van der Waals surface area contributed by atoms with E-state index < -0.39 is 0 Å². The van der Waals surface area contributed by atoms with Crippen molar-refractivity contribution in [2.75, 3.05) is 13.1 Å². The molecule has 0 amide bonds. The van der Waals surface area contributed by atoms with Gasteiger partial charge >= 0.3 is 0 Å². The minimum absolute atomic E-state index is 0.787. The van der Waals surface area contributed by atoms with E-state index in [1.165, 1.54) is 64.3 Å². The molecule has 2 fully saturated rings. The standard InChI is InChI=1S/C16H32N2/c1-3-15-10-6-5-7-12-18(15)16-11-8-9-14(13-16)17-4-2/h14-17H,3-13H2,1-2H3. The third-order valence-electron chi connectivity index (χ3n) is 5.00. The van der Waals surface area contributed by atoms with Crippen molar-refractivity contribution in [3.8, 4) is 0 Å². The van der Waals surface area contributed by atoms with Gasteiger partial charge < -0.3 is 5.32 Å². The van der Waals surface area contributed by atoms with Gasteiger partial charge in [0, 0.05) is 18.1 Å². The number of nitrogens with zero attached hydrogens (tertiary/aromatic N) is 1. The van der Waals surface area contributed by atoms with Crippen molar-refractivity contribution in [3.63, 3.8) is 0 Å². The molecule has 3 atom stereocenters. The van der Waals surface area contributed by atoms with Gasteiger partial charge in [-0.15, -0.1) is 0 Å². The number of rotatable bonds is 4. The van der Waals surface area contributed by atoms with Gasteiger partial charge in [0.25, 0.3) is 0 Å². The third-order valence-corrected chi connectivity index (χ3v) is 5.00. The summed E-state index contributed by atoms with van der Waals surface area (Å²) >= 11 is 0. The maximum atomic E-state index is 3.68. The Labute approximate surface area is 114 Å². The van der Waals surface area contributed by atoms with Gasteiger partial charge in [-0.1, -0.05) is 33.1 Å². The number of nitrogens with one attached hydrogen (secondary N) is 1. The van der Waals surface area contributed by atoms with Gasteiger partial charge in [0.15, 0.2) is 0 Å². The lowest BCUT2D eigenvalue weighted by Crippen LogP contribution is -2.48. The van der Waals surface area contributed by atoms with Crippen LogP contribution in [0.3, 0.4) is 0 Å². The van der Waals surface area contributed by atoms with Crippen molar-refractivity contribution >= 4 is 0 Å². The molecule has 106 valence electrons. The van der Waals surface area contributed by atoms with Crippen LogP contribution >= 0.6 is 0 Å². The van der Waals surface area contributed by atoms with Crippen LogP contribution in [0.5, 0.6) is 0 Å². The van der Waals surface area contributed by atoms with Crippen LogP contribution in [0.15, 0.2) is 0 Å². The molecular formula is C16H32N2. The van der Waals surface area contributed by atoms with Crippen LogP contribution in [0.1, 0.15) is 71.6 Å². The van der Waals surface area contributed by atoms with Crippen molar-refractivity contribution in [2.24, 2.45) is 0 Å². The molecule has 3 unspecified atom stereocenters. The van der Waals surface area contributed by atoms with Crippen molar-refractivity contribution in [2.45, 2.75) is 89.8 Å². The first-order valence-corrected chi connectivity index (χ1v) is 8.34. The van der Waals surface area contributed by atoms with Crippen LogP contribution in [-0.2, 0) is 0 Å². The predicted molar refractivity (Wildman–Crippen MR) is 79.0 cm³/mol. The maximum absolute atomic E-state index is 3.68. The molecule has 1 saturated heterocycles. The summed E-state index contributed by atoms with van der Waals surface area (Å²) in [7, 11) is 0. The quantitative estimate of drug-likeness (QED) is 0.823. The van der Waals surface area contributed by atoms with Crippen LogP contribution in [0.2, 0.25) is 0 Å². The molecule has 2 nitrogen and oxygen atoms in total. The van der Waals surface area contributed by atoms with Crippen molar-refractivity contribution in [1.82, 2.24) is 10.2 Å². The molecule has 1 N–H and O–H groups in total. The Hall–Kier alpha value is -0.0800. The minimum Gasteiger partial charge on any atom is -0.314 e. The topological polar surface area (TPSA) is 15.3 Å². The highest BCUT2D eigenvalue weighted by Gasteiger charge is 2.30. The smallest absolute Gasteiger partial charge is 0.0113 e. The Balaban J connectivity index is 1.94. The molecule has 1 heterocycles. The fourth-order valence-electron chi connectivity index (χ4n) is 4.06. The first-order valence-electron chi connectivity index (χ1n) is 8.34. The maximum Gasteiger partial charge on any atom is 0.0113 e. The van der Waals surface area contributed by atoms with Gasteiger partial charge in [-0.05, 0) is 51.6 Å². The molecule has 1 saturated carbocycles. The monoisotopic (exact) mass is 252 g/mol. The van der Waals surface area contributed by atoms with Crippen molar-refractivity contribution in [1.29, 1.82) is 0 Å². The zero-order valence-corrected chi connectivity index (χ0v) is 12.5. The van der Waals surface area contributed by atoms with E-state index in [0.717, 1.165) is 24.7 Å². The van der Waals surface area contributed by atoms with Crippen LogP contribution < -0.4 is 5.32 Å². The number of hydrogen-bond acceptors (Lipinski definition) is 2. The van der Waals surface area contributed by atoms with Gasteiger partial charge in [0.05, 0.1) is 0 Å². The first kappa shape index (κ1) is 14.3. The largest absolute Gasteiger partial charge is 0.314 e. The summed E-state index contributed by atoms with van der Waals surface area (Å²) in [5, 5.41) is 3.68. The molecule has 2 rings (SSSR count). The highest BCUT2D eigenvalue weighted by molar-refractivity contribution is 4.87. The lowest BCUT2D eigenvalue weighted by atomic mass is 9.88. The van der Waals surface area contributed by atoms with Gasteiger partial charge in [0.2, 0.25) is 0 Å². The van der Waals surface area contributed by atoms with Gasteiger partial charge in [0.1, 0.15) is 0 Å². The predicted octanol–water partition coefficient (Wildman–Crippen LogP) is 3.56. The fraction of sp³-hybridized carbons (Fsp3) is 1.00. The fourth-order valence-corrected chi connectivity index (χ4v) is 4.06. The minimum atomic E-state index is 0.787. The molecule has 0 spiro atoms. The van der Waals surface area contributed by atoms with Gasteiger partial charge in [-0.3, -0.25) is 4.90 Å². The molecule has 0 aromatic rings. The van der Waals surface area contributed by atoms with E-state index in [0.29, 0.717) is 0 Å². The molecule has 2 heteroatoms. The summed E-state index contributed by atoms with van der Waals surface area (Å²) in [5.41, 5.74) is 0. The van der Waals surface area contributed by atoms with E-state index >= 15 is 0 Å². The summed E-state index contributed by atoms with van der Waals surface area (Å²) in [6, 6.07) is 2.53. The average molecular weight is 252 g/mol. The Bertz CT molecular complexity index is 227. The van der Waals surface area contributed by atoms with Crippen LogP contribution in [0, 0.1) is 0 Å². The Morgan fingerprint density at radius 2 is 1.89 bits per heavy atom. The summed E-state index contributed by atoms with van der Waals surface area (Å²) in [6.07, 6.45) is 12.8. The molecule has 2 aliphatic rings. The summed E-state index contributed by atoms with van der Waals surface area (Å²) < 4.78 is 0. The average Bonchev–Trinajstić information content (AvgIpc) is 2.64. The molecule has 0 aromatic carbocycles. The zero-order valence-electron chi connectivity index (χ0n) is 12.5. The summed E-state index contributed by atoms with van der Waals surface area (Å²) in [4.78, 5) is 2.89. The lowest BCUT2D eigenvalue weighted by Gasteiger charge is -2.41. The van der Waals surface area contributed by atoms with Crippen LogP contribution in [-0.4, -0.2) is 36.1 Å². The lowest BCUT2D eigenvalue weighted by molar-refractivity contribution is 0.0928. The molecule has 18 heavy (non-hydrogen) atoms. The summed E-state index contributed by atoms with van der Waals surface area (Å²) in [6.45, 7) is 7.12. The van der Waals surface area contributed by atoms with E-state index in [4.69, 9.17) is 0 Å². The highest BCUT2D eigenvalue weighted by atomic mass is 15.2. The van der Waals surface area contributed by atoms with Crippen LogP contribution in [0.25, 0.3) is 0 Å². The Morgan fingerprint density at radius 3 is 2.67 bits per heavy atom. The molecule has 0 radical (unpaired) electrons. The normalized spacial score (nSPS) is 35.3. The summed E-state index contributed by atoms with van der Waals surface area (Å²) in [5.74, 6) is 0. The van der Waals surface area contributed by atoms with Gasteiger partial charge in [-0.2, -0.15) is 0 Å². The Kier molecular flexibility index (Phi) is 5.97. The van der Waals surface area contributed by atoms with E-state index in [1.807, 2.05) is 0 Å². The molecule has 1 aliphatic carbocycles. The SMILES string of the molecule is CCNC1CCCC(N2CCCCCC2CC)C1. The van der Waals surface area contributed by atoms with E-state index in [9.17, 15) is 0 Å². The van der Waals surface area contributed by atoms with E-state index in [1.54, 1.807) is 0 Å². The van der Waals surface area contributed by atoms with Crippen molar-refractivity contribution < 1.29 is 0 Å². The second kappa shape index (κ2) is 7.49. The molecular weight excluding hydrogens is 220 g/mol. The number of likely N-dealkylation sites (tertiary alicyclic amines) is 1. The van der Waals surface area contributed by atoms with Gasteiger partial charge in [-0.25, -0.2) is 0 Å². The molecule has 0 aromatic heterocycles. The Morgan fingerprint density at radius 1 is 1.00 bits per heavy atom. The number of hydrogen-bond donors (Lipinski definition) is 1. The third kappa shape index (κ3) is 3.71. The zero-order chi connectivity index (χ0) is 12.8. The van der Waals surface area contributed by atoms with E-state index in [2.05, 4.69) is 24.1 Å². The highest BCUT2D eigenvalue weighted by Crippen LogP contribution is 2.29. The van der Waals surface area contributed by atoms with Crippen LogP contribution in [0.4, 0.5) is 0 Å². The van der Waals surface area contributed by atoms with E-state index in [-0.39, 0.29) is 0 Å². The van der Waals surface area contributed by atoms with Crippen molar-refractivity contribution in [3.05, 3.63) is 0 Å².